The van der Waals surface area contributed by atoms with Crippen LogP contribution in [0.2, 0.25) is 0 Å². The monoisotopic (exact) mass is 238 g/mol. The van der Waals surface area contributed by atoms with Crippen molar-refractivity contribution in [2.45, 2.75) is 13.5 Å². The fourth-order valence-corrected chi connectivity index (χ4v) is 1.66. The number of thioether (sulfide) groups is 1. The summed E-state index contributed by atoms with van der Waals surface area (Å²) in [5, 5.41) is 6.10. The van der Waals surface area contributed by atoms with E-state index in [1.54, 1.807) is 0 Å². The topological polar surface area (TPSA) is 41.1 Å². The summed E-state index contributed by atoms with van der Waals surface area (Å²) in [6.07, 6.45) is 2.10. The van der Waals surface area contributed by atoms with Crippen molar-refractivity contribution in [2.24, 2.45) is 0 Å². The quantitative estimate of drug-likeness (QED) is 0.746. The Morgan fingerprint density at radius 1 is 1.31 bits per heavy atom. The fourth-order valence-electron chi connectivity index (χ4n) is 1.32. The Hall–Kier alpha value is -1.00. The summed E-state index contributed by atoms with van der Waals surface area (Å²) in [5.74, 6) is 1.09. The van der Waals surface area contributed by atoms with E-state index in [0.29, 0.717) is 0 Å². The zero-order valence-corrected chi connectivity index (χ0v) is 10.6. The van der Waals surface area contributed by atoms with Crippen molar-refractivity contribution in [3.8, 4) is 0 Å². The van der Waals surface area contributed by atoms with E-state index in [0.717, 1.165) is 24.5 Å². The molecule has 0 aromatic heterocycles. The molecule has 0 aliphatic carbocycles. The summed E-state index contributed by atoms with van der Waals surface area (Å²) in [4.78, 5) is 10.8. The largest absolute Gasteiger partial charge is 0.326 e. The Morgan fingerprint density at radius 3 is 2.56 bits per heavy atom. The van der Waals surface area contributed by atoms with E-state index in [4.69, 9.17) is 0 Å². The molecule has 1 rings (SSSR count). The molecule has 1 amide bonds. The van der Waals surface area contributed by atoms with Crippen molar-refractivity contribution in [1.82, 2.24) is 5.32 Å². The molecule has 0 fully saturated rings. The van der Waals surface area contributed by atoms with Gasteiger partial charge in [0.2, 0.25) is 5.91 Å². The molecule has 1 aromatic carbocycles. The molecule has 4 heteroatoms. The zero-order valence-electron chi connectivity index (χ0n) is 9.75. The summed E-state index contributed by atoms with van der Waals surface area (Å²) in [6.45, 7) is 3.41. The average molecular weight is 238 g/mol. The first-order valence-electron chi connectivity index (χ1n) is 5.28. The number of rotatable bonds is 6. The van der Waals surface area contributed by atoms with E-state index >= 15 is 0 Å². The Labute approximate surface area is 101 Å². The molecule has 0 radical (unpaired) electrons. The third-order valence-corrected chi connectivity index (χ3v) is 2.70. The highest BCUT2D eigenvalue weighted by Gasteiger charge is 1.96. The highest BCUT2D eigenvalue weighted by molar-refractivity contribution is 7.98. The molecule has 2 N–H and O–H groups in total. The molecule has 3 nitrogen and oxygen atoms in total. The van der Waals surface area contributed by atoms with Crippen LogP contribution in [0.25, 0.3) is 0 Å². The van der Waals surface area contributed by atoms with E-state index in [1.165, 1.54) is 12.5 Å². The van der Waals surface area contributed by atoms with Gasteiger partial charge in [0.25, 0.3) is 0 Å². The first-order chi connectivity index (χ1) is 7.72. The van der Waals surface area contributed by atoms with Crippen molar-refractivity contribution in [2.75, 3.05) is 23.9 Å². The molecule has 0 heterocycles. The van der Waals surface area contributed by atoms with Crippen LogP contribution < -0.4 is 10.6 Å². The maximum absolute atomic E-state index is 10.8. The molecule has 88 valence electrons. The van der Waals surface area contributed by atoms with Crippen LogP contribution in [0.15, 0.2) is 24.3 Å². The van der Waals surface area contributed by atoms with Crippen LogP contribution in [0, 0.1) is 0 Å². The standard InChI is InChI=1S/C12H18N2OS/c1-10(15)14-12-5-3-11(4-6-12)9-13-7-8-16-2/h3-6,13H,7-9H2,1-2H3,(H,14,15). The molecular formula is C12H18N2OS. The lowest BCUT2D eigenvalue weighted by Gasteiger charge is -2.05. The first kappa shape index (κ1) is 13.1. The van der Waals surface area contributed by atoms with Gasteiger partial charge in [0.1, 0.15) is 0 Å². The van der Waals surface area contributed by atoms with Crippen molar-refractivity contribution in [1.29, 1.82) is 0 Å². The number of benzene rings is 1. The lowest BCUT2D eigenvalue weighted by atomic mass is 10.2. The van der Waals surface area contributed by atoms with Gasteiger partial charge in [0.05, 0.1) is 0 Å². The van der Waals surface area contributed by atoms with Gasteiger partial charge >= 0.3 is 0 Å². The molecule has 0 aliphatic rings. The van der Waals surface area contributed by atoms with Gasteiger partial charge in [0.15, 0.2) is 0 Å². The van der Waals surface area contributed by atoms with Gasteiger partial charge in [-0.1, -0.05) is 12.1 Å². The van der Waals surface area contributed by atoms with E-state index < -0.39 is 0 Å². The molecule has 0 spiro atoms. The number of carbonyl (C=O) groups excluding carboxylic acids is 1. The molecule has 0 aliphatic heterocycles. The zero-order chi connectivity index (χ0) is 11.8. The van der Waals surface area contributed by atoms with Gasteiger partial charge in [0, 0.05) is 31.5 Å². The summed E-state index contributed by atoms with van der Waals surface area (Å²) in [5.41, 5.74) is 2.08. The minimum Gasteiger partial charge on any atom is -0.326 e. The van der Waals surface area contributed by atoms with Crippen molar-refractivity contribution in [3.05, 3.63) is 29.8 Å². The van der Waals surface area contributed by atoms with Gasteiger partial charge in [-0.3, -0.25) is 4.79 Å². The van der Waals surface area contributed by atoms with Crippen LogP contribution >= 0.6 is 11.8 Å². The number of hydrogen-bond donors (Lipinski definition) is 2. The number of anilines is 1. The van der Waals surface area contributed by atoms with Crippen LogP contribution in [0.5, 0.6) is 0 Å². The summed E-state index contributed by atoms with van der Waals surface area (Å²) < 4.78 is 0. The van der Waals surface area contributed by atoms with E-state index in [1.807, 2.05) is 36.0 Å². The second-order valence-electron chi connectivity index (χ2n) is 3.55. The molecule has 0 saturated heterocycles. The summed E-state index contributed by atoms with van der Waals surface area (Å²) in [6, 6.07) is 7.90. The lowest BCUT2D eigenvalue weighted by Crippen LogP contribution is -2.16. The first-order valence-corrected chi connectivity index (χ1v) is 6.68. The Bertz CT molecular complexity index is 324. The number of carbonyl (C=O) groups is 1. The number of nitrogens with one attached hydrogen (secondary N) is 2. The third-order valence-electron chi connectivity index (χ3n) is 2.09. The molecule has 0 unspecified atom stereocenters. The smallest absolute Gasteiger partial charge is 0.221 e. The van der Waals surface area contributed by atoms with Crippen LogP contribution in [-0.4, -0.2) is 24.5 Å². The van der Waals surface area contributed by atoms with E-state index in [2.05, 4.69) is 16.9 Å². The molecule has 0 atom stereocenters. The minimum absolute atomic E-state index is 0.0363. The summed E-state index contributed by atoms with van der Waals surface area (Å²) in [7, 11) is 0. The highest BCUT2D eigenvalue weighted by atomic mass is 32.2. The predicted molar refractivity (Wildman–Crippen MR) is 70.8 cm³/mol. The predicted octanol–water partition coefficient (Wildman–Crippen LogP) is 2.10. The Kier molecular flexibility index (Phi) is 5.96. The van der Waals surface area contributed by atoms with Gasteiger partial charge < -0.3 is 10.6 Å². The van der Waals surface area contributed by atoms with Crippen LogP contribution in [0.4, 0.5) is 5.69 Å². The van der Waals surface area contributed by atoms with Crippen LogP contribution in [0.1, 0.15) is 12.5 Å². The second kappa shape index (κ2) is 7.30. The molecule has 1 aromatic rings. The maximum atomic E-state index is 10.8. The SMILES string of the molecule is CSCCNCc1ccc(NC(C)=O)cc1. The highest BCUT2D eigenvalue weighted by Crippen LogP contribution is 2.09. The van der Waals surface area contributed by atoms with Gasteiger partial charge in [-0.2, -0.15) is 11.8 Å². The minimum atomic E-state index is -0.0363. The van der Waals surface area contributed by atoms with Gasteiger partial charge in [-0.05, 0) is 24.0 Å². The van der Waals surface area contributed by atoms with Gasteiger partial charge in [-0.15, -0.1) is 0 Å². The second-order valence-corrected chi connectivity index (χ2v) is 4.53. The number of hydrogen-bond acceptors (Lipinski definition) is 3. The summed E-state index contributed by atoms with van der Waals surface area (Å²) >= 11 is 1.84. The Morgan fingerprint density at radius 2 is 2.00 bits per heavy atom. The van der Waals surface area contributed by atoms with Crippen molar-refractivity contribution in [3.63, 3.8) is 0 Å². The molecule has 0 saturated carbocycles. The molecule has 16 heavy (non-hydrogen) atoms. The van der Waals surface area contributed by atoms with Crippen molar-refractivity contribution >= 4 is 23.4 Å². The molecular weight excluding hydrogens is 220 g/mol. The van der Waals surface area contributed by atoms with Crippen LogP contribution in [-0.2, 0) is 11.3 Å². The molecule has 0 bridgehead atoms. The number of amides is 1. The Balaban J connectivity index is 2.36. The van der Waals surface area contributed by atoms with Crippen LogP contribution in [0.3, 0.4) is 0 Å². The lowest BCUT2D eigenvalue weighted by molar-refractivity contribution is -0.114. The van der Waals surface area contributed by atoms with E-state index in [-0.39, 0.29) is 5.91 Å². The third kappa shape index (κ3) is 5.19. The van der Waals surface area contributed by atoms with Crippen molar-refractivity contribution < 1.29 is 4.79 Å². The van der Waals surface area contributed by atoms with E-state index in [9.17, 15) is 4.79 Å². The average Bonchev–Trinajstić information content (AvgIpc) is 2.26. The maximum Gasteiger partial charge on any atom is 0.221 e. The van der Waals surface area contributed by atoms with Gasteiger partial charge in [-0.25, -0.2) is 0 Å². The fraction of sp³-hybridized carbons (Fsp3) is 0.417. The normalized spacial score (nSPS) is 10.1.